The summed E-state index contributed by atoms with van der Waals surface area (Å²) in [6, 6.07) is 20.7. The van der Waals surface area contributed by atoms with Gasteiger partial charge in [-0.25, -0.2) is 14.6 Å². The second kappa shape index (κ2) is 14.2. The Bertz CT molecular complexity index is 587. The molecule has 26 heavy (non-hydrogen) atoms. The number of hydrogen-bond acceptors (Lipinski definition) is 6. The maximum absolute atomic E-state index is 10.0. The minimum absolute atomic E-state index is 0.372. The average molecular weight is 395 g/mol. The third-order valence-corrected chi connectivity index (χ3v) is 4.29. The van der Waals surface area contributed by atoms with E-state index in [-0.39, 0.29) is 11.8 Å². The molecule has 2 amide bonds. The quantitative estimate of drug-likeness (QED) is 0.403. The Balaban J connectivity index is 0.000000321. The van der Waals surface area contributed by atoms with Crippen molar-refractivity contribution in [2.75, 3.05) is 0 Å². The van der Waals surface area contributed by atoms with E-state index >= 15 is 0 Å². The number of carbonyl (C=O) groups excluding carboxylic acids is 2. The topological polar surface area (TPSA) is 76.7 Å². The van der Waals surface area contributed by atoms with E-state index < -0.39 is 0 Å². The molecule has 0 aliphatic heterocycles. The van der Waals surface area contributed by atoms with Crippen LogP contribution in [0.1, 0.15) is 25.0 Å². The van der Waals surface area contributed by atoms with Gasteiger partial charge in [-0.2, -0.15) is 4.94 Å². The van der Waals surface area contributed by atoms with Crippen molar-refractivity contribution < 1.29 is 18.2 Å². The van der Waals surface area contributed by atoms with Crippen LogP contribution in [0.4, 0.5) is 0 Å². The Morgan fingerprint density at radius 2 is 1.15 bits per heavy atom. The van der Waals surface area contributed by atoms with Gasteiger partial charge in [-0.1, -0.05) is 60.7 Å². The molecule has 2 rings (SSSR count). The molecule has 2 N–H and O–H groups in total. The third-order valence-electron chi connectivity index (χ3n) is 2.62. The molecule has 8 heteroatoms. The summed E-state index contributed by atoms with van der Waals surface area (Å²) in [6.07, 6.45) is 0. The molecule has 0 unspecified atom stereocenters. The van der Waals surface area contributed by atoms with E-state index in [9.17, 15) is 9.59 Å². The minimum Gasteiger partial charge on any atom is -0.273 e. The van der Waals surface area contributed by atoms with Crippen molar-refractivity contribution in [1.29, 1.82) is 0 Å². The molecule has 2 aromatic carbocycles. The van der Waals surface area contributed by atoms with Crippen LogP contribution in [0.5, 0.6) is 0 Å². The van der Waals surface area contributed by atoms with Gasteiger partial charge in [0.1, 0.15) is 0 Å². The highest BCUT2D eigenvalue weighted by Crippen LogP contribution is 2.22. The zero-order valence-electron chi connectivity index (χ0n) is 14.6. The Labute approximate surface area is 162 Å². The molecule has 2 aromatic rings. The van der Waals surface area contributed by atoms with Crippen LogP contribution in [0, 0.1) is 0 Å². The molecule has 0 bridgehead atoms. The number of hydroxylamine groups is 2. The largest absolute Gasteiger partial charge is 0.273 e. The fourth-order valence-corrected chi connectivity index (χ4v) is 2.85. The van der Waals surface area contributed by atoms with Gasteiger partial charge < -0.3 is 0 Å². The SMILES string of the molecule is CC(=O)NONC(C)=O.c1ccc(CSOSCc2ccccc2)cc1. The Morgan fingerprint density at radius 1 is 0.769 bits per heavy atom. The van der Waals surface area contributed by atoms with Crippen molar-refractivity contribution >= 4 is 35.9 Å². The maximum atomic E-state index is 10.0. The maximum Gasteiger partial charge on any atom is 0.242 e. The molecule has 0 spiro atoms. The fraction of sp³-hybridized carbons (Fsp3) is 0.222. The van der Waals surface area contributed by atoms with E-state index in [1.54, 1.807) is 0 Å². The normalized spacial score (nSPS) is 9.62. The number of amides is 2. The van der Waals surface area contributed by atoms with Crippen LogP contribution in [0.15, 0.2) is 60.7 Å². The molecule has 0 atom stereocenters. The van der Waals surface area contributed by atoms with Crippen molar-refractivity contribution in [3.05, 3.63) is 71.8 Å². The molecular weight excluding hydrogens is 372 g/mol. The first kappa shape index (κ1) is 22.0. The number of carbonyl (C=O) groups is 2. The van der Waals surface area contributed by atoms with Gasteiger partial charge in [0.15, 0.2) is 0 Å². The van der Waals surface area contributed by atoms with E-state index in [0.29, 0.717) is 0 Å². The number of benzene rings is 2. The summed E-state index contributed by atoms with van der Waals surface area (Å²) < 4.78 is 5.47. The van der Waals surface area contributed by atoms with Crippen LogP contribution in [-0.2, 0) is 29.7 Å². The van der Waals surface area contributed by atoms with E-state index in [4.69, 9.17) is 3.63 Å². The first-order chi connectivity index (χ1) is 12.6. The van der Waals surface area contributed by atoms with E-state index in [0.717, 1.165) is 11.5 Å². The lowest BCUT2D eigenvalue weighted by Gasteiger charge is -2.02. The zero-order chi connectivity index (χ0) is 19.0. The van der Waals surface area contributed by atoms with Gasteiger partial charge in [-0.05, 0) is 11.1 Å². The van der Waals surface area contributed by atoms with Crippen molar-refractivity contribution in [3.8, 4) is 0 Å². The fourth-order valence-electron chi connectivity index (χ4n) is 1.54. The molecule has 0 heterocycles. The highest BCUT2D eigenvalue weighted by atomic mass is 32.2. The zero-order valence-corrected chi connectivity index (χ0v) is 16.3. The summed E-state index contributed by atoms with van der Waals surface area (Å²) >= 11 is 2.98. The van der Waals surface area contributed by atoms with Gasteiger partial charge in [-0.15, -0.1) is 0 Å². The van der Waals surface area contributed by atoms with Gasteiger partial charge >= 0.3 is 0 Å². The summed E-state index contributed by atoms with van der Waals surface area (Å²) in [4.78, 5) is 24.2. The Hall–Kier alpha value is -2.00. The van der Waals surface area contributed by atoms with Crippen LogP contribution in [0.25, 0.3) is 0 Å². The third kappa shape index (κ3) is 12.4. The molecule has 0 saturated carbocycles. The Morgan fingerprint density at radius 3 is 1.50 bits per heavy atom. The summed E-state index contributed by atoms with van der Waals surface area (Å²) in [5.74, 6) is 1.04. The molecule has 0 radical (unpaired) electrons. The molecule has 140 valence electrons. The second-order valence-corrected chi connectivity index (χ2v) is 6.58. The molecule has 0 aromatic heterocycles. The standard InChI is InChI=1S/C14H14OS2.C4H8N2O3/c1-3-7-13(8-4-1)11-16-15-17-12-14-9-5-2-6-10-14;1-3(7)5-9-6-4(2)8/h1-10H,11-12H2;1-2H3,(H,5,7)(H,6,8). The van der Waals surface area contributed by atoms with E-state index in [1.165, 1.54) is 49.1 Å². The van der Waals surface area contributed by atoms with Gasteiger partial charge in [0.05, 0.1) is 0 Å². The van der Waals surface area contributed by atoms with Crippen LogP contribution < -0.4 is 11.0 Å². The molecule has 0 aliphatic rings. The van der Waals surface area contributed by atoms with E-state index in [2.05, 4.69) is 29.2 Å². The van der Waals surface area contributed by atoms with Crippen LogP contribution >= 0.6 is 24.1 Å². The molecule has 0 aliphatic carbocycles. The first-order valence-electron chi connectivity index (χ1n) is 7.76. The number of nitrogens with one attached hydrogen (secondary N) is 2. The summed E-state index contributed by atoms with van der Waals surface area (Å²) in [7, 11) is 0. The first-order valence-corrected chi connectivity index (χ1v) is 9.58. The average Bonchev–Trinajstić information content (AvgIpc) is 2.63. The molecular formula is C18H22N2O4S2. The molecule has 6 nitrogen and oxygen atoms in total. The van der Waals surface area contributed by atoms with Gasteiger partial charge in [0.25, 0.3) is 0 Å². The summed E-state index contributed by atoms with van der Waals surface area (Å²) in [5, 5.41) is 0. The number of rotatable bonds is 8. The van der Waals surface area contributed by atoms with Gasteiger partial charge in [-0.3, -0.25) is 9.59 Å². The Kier molecular flexibility index (Phi) is 12.0. The van der Waals surface area contributed by atoms with Crippen LogP contribution in [-0.4, -0.2) is 11.8 Å². The lowest BCUT2D eigenvalue weighted by molar-refractivity contribution is -0.148. The lowest BCUT2D eigenvalue weighted by Crippen LogP contribution is -2.31. The van der Waals surface area contributed by atoms with Crippen molar-refractivity contribution in [3.63, 3.8) is 0 Å². The summed E-state index contributed by atoms with van der Waals surface area (Å²) in [5.41, 5.74) is 6.39. The van der Waals surface area contributed by atoms with E-state index in [1.807, 2.05) is 47.4 Å². The van der Waals surface area contributed by atoms with Crippen LogP contribution in [0.3, 0.4) is 0 Å². The predicted molar refractivity (Wildman–Crippen MR) is 105 cm³/mol. The van der Waals surface area contributed by atoms with Gasteiger partial charge in [0.2, 0.25) is 11.8 Å². The van der Waals surface area contributed by atoms with Gasteiger partial charge in [0, 0.05) is 49.4 Å². The molecule has 0 fully saturated rings. The highest BCUT2D eigenvalue weighted by Gasteiger charge is 1.96. The lowest BCUT2D eigenvalue weighted by atomic mass is 10.2. The van der Waals surface area contributed by atoms with Crippen molar-refractivity contribution in [2.45, 2.75) is 25.4 Å². The highest BCUT2D eigenvalue weighted by molar-refractivity contribution is 8.07. The van der Waals surface area contributed by atoms with Crippen LogP contribution in [0.2, 0.25) is 0 Å². The predicted octanol–water partition coefficient (Wildman–Crippen LogP) is 3.81. The summed E-state index contributed by atoms with van der Waals surface area (Å²) in [6.45, 7) is 2.53. The second-order valence-electron chi connectivity index (χ2n) is 4.98. The molecule has 0 saturated heterocycles. The van der Waals surface area contributed by atoms with Crippen molar-refractivity contribution in [2.24, 2.45) is 0 Å². The van der Waals surface area contributed by atoms with Crippen molar-refractivity contribution in [1.82, 2.24) is 11.0 Å². The minimum atomic E-state index is -0.372. The monoisotopic (exact) mass is 394 g/mol. The smallest absolute Gasteiger partial charge is 0.242 e. The number of hydrogen-bond donors (Lipinski definition) is 2.